The van der Waals surface area contributed by atoms with Crippen LogP contribution in [0.3, 0.4) is 0 Å². The molecule has 0 radical (unpaired) electrons. The first-order valence-corrected chi connectivity index (χ1v) is 10.5. The van der Waals surface area contributed by atoms with E-state index in [4.69, 9.17) is 9.47 Å². The smallest absolute Gasteiger partial charge is 0.340 e. The number of hydrogen-bond acceptors (Lipinski definition) is 7. The van der Waals surface area contributed by atoms with Crippen LogP contribution in [0.2, 0.25) is 0 Å². The average molecular weight is 436 g/mol. The van der Waals surface area contributed by atoms with E-state index in [9.17, 15) is 19.2 Å². The Balaban J connectivity index is 1.43. The van der Waals surface area contributed by atoms with E-state index in [1.54, 1.807) is 6.92 Å². The number of esters is 2. The third-order valence-electron chi connectivity index (χ3n) is 6.12. The van der Waals surface area contributed by atoms with Crippen LogP contribution < -0.4 is 0 Å². The normalized spacial score (nSPS) is 19.9. The van der Waals surface area contributed by atoms with Crippen LogP contribution in [0, 0.1) is 18.8 Å². The van der Waals surface area contributed by atoms with Gasteiger partial charge in [0.05, 0.1) is 42.1 Å². The van der Waals surface area contributed by atoms with Crippen molar-refractivity contribution in [3.05, 3.63) is 53.2 Å². The lowest BCUT2D eigenvalue weighted by atomic mass is 9.85. The van der Waals surface area contributed by atoms with Crippen molar-refractivity contribution < 1.29 is 28.7 Å². The highest BCUT2D eigenvalue weighted by atomic mass is 16.5. The minimum absolute atomic E-state index is 0.0163. The fourth-order valence-electron chi connectivity index (χ4n) is 4.43. The predicted octanol–water partition coefficient (Wildman–Crippen LogP) is 2.71. The number of benzene rings is 1. The van der Waals surface area contributed by atoms with Crippen molar-refractivity contribution in [3.8, 4) is 0 Å². The van der Waals surface area contributed by atoms with Gasteiger partial charge in [-0.3, -0.25) is 19.3 Å². The van der Waals surface area contributed by atoms with E-state index < -0.39 is 11.9 Å². The molecule has 1 aliphatic heterocycles. The van der Waals surface area contributed by atoms with E-state index in [-0.39, 0.29) is 48.8 Å². The summed E-state index contributed by atoms with van der Waals surface area (Å²) < 4.78 is 10.2. The number of para-hydroxylation sites is 1. The molecule has 0 bridgehead atoms. The Morgan fingerprint density at radius 1 is 1.09 bits per heavy atom. The summed E-state index contributed by atoms with van der Waals surface area (Å²) in [5, 5.41) is 0.810. The number of pyridine rings is 1. The first-order chi connectivity index (χ1) is 15.4. The van der Waals surface area contributed by atoms with E-state index >= 15 is 0 Å². The molecule has 2 aliphatic rings. The number of hydrogen-bond donors (Lipinski definition) is 0. The van der Waals surface area contributed by atoms with Gasteiger partial charge < -0.3 is 9.47 Å². The highest BCUT2D eigenvalue weighted by Gasteiger charge is 2.46. The van der Waals surface area contributed by atoms with E-state index in [1.165, 1.54) is 12.0 Å². The Morgan fingerprint density at radius 3 is 2.41 bits per heavy atom. The van der Waals surface area contributed by atoms with Crippen LogP contribution in [0.1, 0.15) is 40.9 Å². The number of aryl methyl sites for hydroxylation is 1. The molecule has 2 heterocycles. The molecule has 0 spiro atoms. The third-order valence-corrected chi connectivity index (χ3v) is 6.12. The number of carbonyl (C=O) groups is 4. The maximum Gasteiger partial charge on any atom is 0.340 e. The zero-order valence-corrected chi connectivity index (χ0v) is 18.0. The van der Waals surface area contributed by atoms with Gasteiger partial charge >= 0.3 is 11.9 Å². The van der Waals surface area contributed by atoms with Gasteiger partial charge in [-0.15, -0.1) is 0 Å². The second-order valence-corrected chi connectivity index (χ2v) is 7.96. The number of aromatic nitrogens is 1. The Kier molecular flexibility index (Phi) is 6.03. The summed E-state index contributed by atoms with van der Waals surface area (Å²) in [6.07, 6.45) is 4.83. The summed E-state index contributed by atoms with van der Waals surface area (Å²) in [5.41, 5.74) is 1.93. The molecule has 1 aromatic carbocycles. The number of allylic oxidation sites excluding steroid dienone is 2. The molecule has 0 saturated carbocycles. The van der Waals surface area contributed by atoms with Gasteiger partial charge in [-0.1, -0.05) is 30.4 Å². The van der Waals surface area contributed by atoms with Crippen LogP contribution in [0.15, 0.2) is 36.4 Å². The van der Waals surface area contributed by atoms with Gasteiger partial charge in [0, 0.05) is 11.9 Å². The number of amides is 2. The van der Waals surface area contributed by atoms with Crippen molar-refractivity contribution in [1.82, 2.24) is 9.88 Å². The fraction of sp³-hybridized carbons (Fsp3) is 0.375. The van der Waals surface area contributed by atoms with Gasteiger partial charge in [0.1, 0.15) is 6.61 Å². The largest absolute Gasteiger partial charge is 0.465 e. The Labute approximate surface area is 185 Å². The number of likely N-dealkylation sites (tertiary alicyclic amines) is 1. The summed E-state index contributed by atoms with van der Waals surface area (Å²) in [5.74, 6) is -2.24. The summed E-state index contributed by atoms with van der Waals surface area (Å²) in [6, 6.07) is 7.36. The second-order valence-electron chi connectivity index (χ2n) is 7.96. The summed E-state index contributed by atoms with van der Waals surface area (Å²) in [4.78, 5) is 55.4. The summed E-state index contributed by atoms with van der Waals surface area (Å²) in [6.45, 7) is 1.56. The zero-order chi connectivity index (χ0) is 22.8. The monoisotopic (exact) mass is 436 g/mol. The molecule has 1 fully saturated rings. The Hall–Kier alpha value is -3.55. The maximum atomic E-state index is 12.5. The number of imide groups is 1. The highest BCUT2D eigenvalue weighted by Crippen LogP contribution is 2.35. The number of fused-ring (bicyclic) bond motifs is 2. The maximum absolute atomic E-state index is 12.5. The first kappa shape index (κ1) is 21.7. The molecular weight excluding hydrogens is 412 g/mol. The highest BCUT2D eigenvalue weighted by molar-refractivity contribution is 6.05. The molecule has 1 aliphatic carbocycles. The number of methoxy groups -OCH3 is 1. The fourth-order valence-corrected chi connectivity index (χ4v) is 4.43. The van der Waals surface area contributed by atoms with Crippen molar-refractivity contribution in [3.63, 3.8) is 0 Å². The van der Waals surface area contributed by atoms with Gasteiger partial charge in [-0.2, -0.15) is 0 Å². The van der Waals surface area contributed by atoms with Gasteiger partial charge in [0.15, 0.2) is 0 Å². The molecule has 32 heavy (non-hydrogen) atoms. The van der Waals surface area contributed by atoms with Crippen molar-refractivity contribution in [2.24, 2.45) is 11.8 Å². The van der Waals surface area contributed by atoms with Crippen LogP contribution in [0.25, 0.3) is 10.9 Å². The lowest BCUT2D eigenvalue weighted by molar-refractivity contribution is -0.146. The minimum Gasteiger partial charge on any atom is -0.465 e. The van der Waals surface area contributed by atoms with E-state index in [2.05, 4.69) is 4.98 Å². The molecule has 4 rings (SSSR count). The standard InChI is InChI=1S/C24H24N2O6/c1-14-15-7-5-6-10-18(15)25-19(21(14)24(30)31-2)13-32-20(27)11-12-26-22(28)16-8-3-4-9-17(16)23(26)29/h3-7,10,16-17H,8-9,11-13H2,1-2H3/t16-,17-/m1/s1. The molecular formula is C24H24N2O6. The number of ether oxygens (including phenoxy) is 2. The van der Waals surface area contributed by atoms with Gasteiger partial charge in [-0.25, -0.2) is 9.78 Å². The van der Waals surface area contributed by atoms with Gasteiger partial charge in [0.2, 0.25) is 11.8 Å². The predicted molar refractivity (Wildman–Crippen MR) is 114 cm³/mol. The van der Waals surface area contributed by atoms with Gasteiger partial charge in [0.25, 0.3) is 0 Å². The molecule has 8 nitrogen and oxygen atoms in total. The lowest BCUT2D eigenvalue weighted by Gasteiger charge is -2.15. The van der Waals surface area contributed by atoms with Crippen LogP contribution in [-0.2, 0) is 30.5 Å². The van der Waals surface area contributed by atoms with E-state index in [0.29, 0.717) is 29.6 Å². The second kappa shape index (κ2) is 8.90. The third kappa shape index (κ3) is 3.88. The number of rotatable bonds is 6. The van der Waals surface area contributed by atoms with Gasteiger partial charge in [-0.05, 0) is 31.4 Å². The molecule has 0 N–H and O–H groups in total. The quantitative estimate of drug-likeness (QED) is 0.390. The molecule has 1 saturated heterocycles. The van der Waals surface area contributed by atoms with Crippen molar-refractivity contribution in [2.75, 3.05) is 13.7 Å². The van der Waals surface area contributed by atoms with Crippen LogP contribution in [0.4, 0.5) is 0 Å². The van der Waals surface area contributed by atoms with E-state index in [1.807, 2.05) is 36.4 Å². The van der Waals surface area contributed by atoms with Crippen LogP contribution in [0.5, 0.6) is 0 Å². The van der Waals surface area contributed by atoms with Crippen molar-refractivity contribution >= 4 is 34.7 Å². The van der Waals surface area contributed by atoms with Crippen LogP contribution in [-0.4, -0.2) is 47.3 Å². The van der Waals surface area contributed by atoms with Crippen LogP contribution >= 0.6 is 0 Å². The number of carbonyl (C=O) groups excluding carboxylic acids is 4. The molecule has 2 atom stereocenters. The Morgan fingerprint density at radius 2 is 1.75 bits per heavy atom. The zero-order valence-electron chi connectivity index (χ0n) is 18.0. The number of nitrogens with zero attached hydrogens (tertiary/aromatic N) is 2. The summed E-state index contributed by atoms with van der Waals surface area (Å²) in [7, 11) is 1.28. The molecule has 0 unspecified atom stereocenters. The van der Waals surface area contributed by atoms with Crippen molar-refractivity contribution in [2.45, 2.75) is 32.8 Å². The SMILES string of the molecule is COC(=O)c1c(COC(=O)CCN2C(=O)[C@@H]3CC=CC[C@H]3C2=O)nc2ccccc2c1C. The topological polar surface area (TPSA) is 103 Å². The van der Waals surface area contributed by atoms with Crippen molar-refractivity contribution in [1.29, 1.82) is 0 Å². The lowest BCUT2D eigenvalue weighted by Crippen LogP contribution is -2.33. The summed E-state index contributed by atoms with van der Waals surface area (Å²) >= 11 is 0. The molecule has 2 amide bonds. The first-order valence-electron chi connectivity index (χ1n) is 10.5. The van der Waals surface area contributed by atoms with E-state index in [0.717, 1.165) is 5.39 Å². The Bertz CT molecular complexity index is 1110. The molecule has 166 valence electrons. The molecule has 8 heteroatoms. The molecule has 2 aromatic rings. The minimum atomic E-state index is -0.581. The average Bonchev–Trinajstić information content (AvgIpc) is 3.05. The molecule has 1 aromatic heterocycles.